The summed E-state index contributed by atoms with van der Waals surface area (Å²) >= 11 is 10.7. The van der Waals surface area contributed by atoms with Crippen LogP contribution >= 0.6 is 38.9 Å². The van der Waals surface area contributed by atoms with Gasteiger partial charge >= 0.3 is 5.97 Å². The van der Waals surface area contributed by atoms with E-state index >= 15 is 0 Å². The van der Waals surface area contributed by atoms with E-state index in [4.69, 9.17) is 21.1 Å². The molecule has 0 atom stereocenters. The Morgan fingerprint density at radius 3 is 2.88 bits per heavy atom. The largest absolute Gasteiger partial charge is 0.496 e. The number of aromatic nitrogens is 1. The lowest BCUT2D eigenvalue weighted by molar-refractivity contribution is 0.0463. The summed E-state index contributed by atoms with van der Waals surface area (Å²) in [5, 5.41) is 2.50. The molecule has 0 fully saturated rings. The Balaban J connectivity index is 1.76. The van der Waals surface area contributed by atoms with Crippen LogP contribution in [0.3, 0.4) is 0 Å². The van der Waals surface area contributed by atoms with Crippen LogP contribution in [-0.2, 0) is 11.3 Å². The maximum absolute atomic E-state index is 13.8. The minimum atomic E-state index is -0.831. The maximum Gasteiger partial charge on any atom is 0.343 e. The summed E-state index contributed by atoms with van der Waals surface area (Å²) in [7, 11) is 1.58. The zero-order valence-electron chi connectivity index (χ0n) is 13.5. The number of rotatable bonds is 5. The molecule has 0 unspecified atom stereocenters. The Morgan fingerprint density at radius 1 is 1.35 bits per heavy atom. The topological polar surface area (TPSA) is 48.4 Å². The third-order valence-electron chi connectivity index (χ3n) is 3.46. The van der Waals surface area contributed by atoms with Gasteiger partial charge in [0.1, 0.15) is 28.7 Å². The zero-order valence-corrected chi connectivity index (χ0v) is 16.6. The van der Waals surface area contributed by atoms with Crippen LogP contribution in [-0.4, -0.2) is 18.1 Å². The van der Waals surface area contributed by atoms with E-state index in [1.165, 1.54) is 23.5 Å². The molecule has 4 nitrogen and oxygen atoms in total. The fraction of sp³-hybridized carbons (Fsp3) is 0.111. The van der Waals surface area contributed by atoms with Gasteiger partial charge in [-0.2, -0.15) is 0 Å². The van der Waals surface area contributed by atoms with E-state index in [-0.39, 0.29) is 17.2 Å². The average Bonchev–Trinajstić information content (AvgIpc) is 3.08. The zero-order chi connectivity index (χ0) is 18.7. The molecular formula is C18H12BrClFNO3S. The van der Waals surface area contributed by atoms with E-state index in [9.17, 15) is 9.18 Å². The van der Waals surface area contributed by atoms with Crippen molar-refractivity contribution in [3.8, 4) is 16.3 Å². The van der Waals surface area contributed by atoms with Crippen molar-refractivity contribution < 1.29 is 18.7 Å². The van der Waals surface area contributed by atoms with Crippen molar-refractivity contribution in [2.24, 2.45) is 0 Å². The highest BCUT2D eigenvalue weighted by Gasteiger charge is 2.18. The Labute approximate surface area is 166 Å². The molecule has 0 aliphatic rings. The lowest BCUT2D eigenvalue weighted by atomic mass is 10.2. The quantitative estimate of drug-likeness (QED) is 0.460. The minimum absolute atomic E-state index is 0.00726. The summed E-state index contributed by atoms with van der Waals surface area (Å²) in [6.45, 7) is -0.0870. The molecule has 1 heterocycles. The molecule has 0 bridgehead atoms. The molecule has 0 spiro atoms. The molecule has 3 aromatic rings. The number of carbonyl (C=O) groups excluding carboxylic acids is 1. The van der Waals surface area contributed by atoms with Crippen molar-refractivity contribution in [3.05, 3.63) is 68.3 Å². The smallest absolute Gasteiger partial charge is 0.343 e. The van der Waals surface area contributed by atoms with Crippen molar-refractivity contribution in [2.45, 2.75) is 6.61 Å². The molecule has 0 radical (unpaired) electrons. The van der Waals surface area contributed by atoms with Crippen molar-refractivity contribution in [3.63, 3.8) is 0 Å². The number of hydrogen-bond acceptors (Lipinski definition) is 5. The molecule has 134 valence electrons. The Hall–Kier alpha value is -1.96. The van der Waals surface area contributed by atoms with Gasteiger partial charge in [-0.3, -0.25) is 0 Å². The van der Waals surface area contributed by atoms with E-state index < -0.39 is 11.8 Å². The first-order valence-corrected chi connectivity index (χ1v) is 9.44. The van der Waals surface area contributed by atoms with Gasteiger partial charge in [0.25, 0.3) is 0 Å². The first kappa shape index (κ1) is 18.8. The molecule has 26 heavy (non-hydrogen) atoms. The van der Waals surface area contributed by atoms with Crippen LogP contribution in [0.5, 0.6) is 5.75 Å². The van der Waals surface area contributed by atoms with Crippen molar-refractivity contribution in [1.29, 1.82) is 0 Å². The monoisotopic (exact) mass is 455 g/mol. The van der Waals surface area contributed by atoms with Gasteiger partial charge < -0.3 is 9.47 Å². The third-order valence-corrected chi connectivity index (χ3v) is 5.19. The number of methoxy groups -OCH3 is 1. The molecule has 0 N–H and O–H groups in total. The Bertz CT molecular complexity index is 943. The van der Waals surface area contributed by atoms with Gasteiger partial charge in [-0.25, -0.2) is 14.2 Å². The molecule has 0 aliphatic carbocycles. The fourth-order valence-corrected chi connectivity index (χ4v) is 3.67. The fourth-order valence-electron chi connectivity index (χ4n) is 2.25. The number of hydrogen-bond donors (Lipinski definition) is 0. The summed E-state index contributed by atoms with van der Waals surface area (Å²) < 4.78 is 25.1. The van der Waals surface area contributed by atoms with Gasteiger partial charge in [0.2, 0.25) is 0 Å². The molecule has 8 heteroatoms. The van der Waals surface area contributed by atoms with Crippen LogP contribution in [0, 0.1) is 5.82 Å². The molecular weight excluding hydrogens is 445 g/mol. The SMILES string of the molecule is COc1ccc(Br)cc1-c1nc(COC(=O)c2c(F)cccc2Cl)cs1. The summed E-state index contributed by atoms with van der Waals surface area (Å²) in [4.78, 5) is 16.5. The number of esters is 1. The van der Waals surface area contributed by atoms with E-state index in [1.807, 2.05) is 18.2 Å². The van der Waals surface area contributed by atoms with Gasteiger partial charge in [0, 0.05) is 9.85 Å². The summed E-state index contributed by atoms with van der Waals surface area (Å²) in [5.74, 6) is -0.868. The standard InChI is InChI=1S/C18H12BrClFNO3S/c1-24-15-6-5-10(19)7-12(15)17-22-11(9-26-17)8-25-18(23)16-13(20)3-2-4-14(16)21/h2-7,9H,8H2,1H3. The molecule has 0 saturated carbocycles. The average molecular weight is 457 g/mol. The number of ether oxygens (including phenoxy) is 2. The number of thiazole rings is 1. The van der Waals surface area contributed by atoms with Crippen LogP contribution in [0.1, 0.15) is 16.1 Å². The summed E-state index contributed by atoms with van der Waals surface area (Å²) in [5.41, 5.74) is 1.09. The summed E-state index contributed by atoms with van der Waals surface area (Å²) in [6.07, 6.45) is 0. The molecule has 1 aromatic heterocycles. The van der Waals surface area contributed by atoms with Gasteiger partial charge in [-0.1, -0.05) is 33.6 Å². The van der Waals surface area contributed by atoms with E-state index in [2.05, 4.69) is 20.9 Å². The Kier molecular flexibility index (Phi) is 5.90. The maximum atomic E-state index is 13.8. The number of carbonyl (C=O) groups is 1. The van der Waals surface area contributed by atoms with Gasteiger partial charge in [-0.05, 0) is 30.3 Å². The molecule has 0 saturated heterocycles. The normalized spacial score (nSPS) is 10.6. The summed E-state index contributed by atoms with van der Waals surface area (Å²) in [6, 6.07) is 9.61. The first-order valence-electron chi connectivity index (χ1n) is 7.39. The lowest BCUT2D eigenvalue weighted by Crippen LogP contribution is -2.08. The second-order valence-corrected chi connectivity index (χ2v) is 7.34. The lowest BCUT2D eigenvalue weighted by Gasteiger charge is -2.07. The van der Waals surface area contributed by atoms with Gasteiger partial charge in [0.15, 0.2) is 0 Å². The van der Waals surface area contributed by atoms with Crippen LogP contribution in [0.4, 0.5) is 4.39 Å². The predicted molar refractivity (Wildman–Crippen MR) is 102 cm³/mol. The highest BCUT2D eigenvalue weighted by Crippen LogP contribution is 2.34. The third kappa shape index (κ3) is 4.06. The van der Waals surface area contributed by atoms with Crippen LogP contribution < -0.4 is 4.74 Å². The number of halogens is 3. The van der Waals surface area contributed by atoms with E-state index in [0.29, 0.717) is 11.4 Å². The van der Waals surface area contributed by atoms with Crippen LogP contribution in [0.2, 0.25) is 5.02 Å². The molecule has 3 rings (SSSR count). The first-order chi connectivity index (χ1) is 12.5. The minimum Gasteiger partial charge on any atom is -0.496 e. The van der Waals surface area contributed by atoms with Gasteiger partial charge in [0.05, 0.1) is 23.4 Å². The highest BCUT2D eigenvalue weighted by atomic mass is 79.9. The van der Waals surface area contributed by atoms with E-state index in [0.717, 1.165) is 21.1 Å². The molecule has 0 amide bonds. The highest BCUT2D eigenvalue weighted by molar-refractivity contribution is 9.10. The van der Waals surface area contributed by atoms with Crippen molar-refractivity contribution in [1.82, 2.24) is 4.98 Å². The number of nitrogens with zero attached hydrogens (tertiary/aromatic N) is 1. The predicted octanol–water partition coefficient (Wildman–Crippen LogP) is 5.73. The van der Waals surface area contributed by atoms with Gasteiger partial charge in [-0.15, -0.1) is 11.3 Å². The van der Waals surface area contributed by atoms with Crippen molar-refractivity contribution >= 4 is 44.8 Å². The van der Waals surface area contributed by atoms with Crippen molar-refractivity contribution in [2.75, 3.05) is 7.11 Å². The number of benzene rings is 2. The second-order valence-electron chi connectivity index (χ2n) is 5.16. The molecule has 0 aliphatic heterocycles. The Morgan fingerprint density at radius 2 is 2.15 bits per heavy atom. The molecule has 2 aromatic carbocycles. The second kappa shape index (κ2) is 8.16. The van der Waals surface area contributed by atoms with Crippen LogP contribution in [0.15, 0.2) is 46.3 Å². The van der Waals surface area contributed by atoms with E-state index in [1.54, 1.807) is 12.5 Å². The van der Waals surface area contributed by atoms with Crippen LogP contribution in [0.25, 0.3) is 10.6 Å².